The molecule has 0 unspecified atom stereocenters. The Morgan fingerprint density at radius 2 is 1.77 bits per heavy atom. The van der Waals surface area contributed by atoms with Crippen LogP contribution in [0.4, 0.5) is 4.79 Å². The van der Waals surface area contributed by atoms with Crippen LogP contribution < -0.4 is 4.74 Å². The fourth-order valence-electron chi connectivity index (χ4n) is 5.59. The molecule has 0 saturated carbocycles. The lowest BCUT2D eigenvalue weighted by Gasteiger charge is -2.43. The van der Waals surface area contributed by atoms with Crippen LogP contribution in [0.2, 0.25) is 0 Å². The Labute approximate surface area is 236 Å². The van der Waals surface area contributed by atoms with E-state index in [1.54, 1.807) is 12.1 Å². The van der Waals surface area contributed by atoms with Crippen LogP contribution in [0.15, 0.2) is 59.5 Å². The van der Waals surface area contributed by atoms with Crippen LogP contribution in [-0.2, 0) is 25.9 Å². The Kier molecular flexibility index (Phi) is 10.1. The molecule has 1 amide bonds. The lowest BCUT2D eigenvalue weighted by Crippen LogP contribution is -2.58. The zero-order valence-corrected chi connectivity index (χ0v) is 24.1. The zero-order valence-electron chi connectivity index (χ0n) is 23.3. The molecule has 2 aromatic carbocycles. The number of carbonyl (C=O) groups is 1. The molecule has 2 aliphatic heterocycles. The number of benzene rings is 2. The van der Waals surface area contributed by atoms with E-state index in [1.807, 2.05) is 44.2 Å². The normalized spacial score (nSPS) is 22.6. The summed E-state index contributed by atoms with van der Waals surface area (Å²) in [5.74, 6) is 0.566. The van der Waals surface area contributed by atoms with E-state index in [1.165, 1.54) is 28.4 Å². The maximum atomic E-state index is 13.7. The number of fused-ring (bicyclic) bond motifs is 1. The molecule has 11 heteroatoms. The second-order valence-corrected chi connectivity index (χ2v) is 12.9. The first-order chi connectivity index (χ1) is 19.1. The fourth-order valence-corrected chi connectivity index (χ4v) is 7.21. The maximum Gasteiger partial charge on any atom is 0.407 e. The molecule has 4 rings (SSSR count). The molecule has 5 atom stereocenters. The van der Waals surface area contributed by atoms with E-state index in [9.17, 15) is 23.4 Å². The predicted octanol–water partition coefficient (Wildman–Crippen LogP) is 3.45. The van der Waals surface area contributed by atoms with E-state index in [0.717, 1.165) is 12.0 Å². The van der Waals surface area contributed by atoms with Crippen LogP contribution >= 0.6 is 0 Å². The number of ether oxygens (including phenoxy) is 3. The number of hydrogen-bond acceptors (Lipinski definition) is 7. The molecule has 0 bridgehead atoms. The second-order valence-electron chi connectivity index (χ2n) is 10.9. The highest BCUT2D eigenvalue weighted by Crippen LogP contribution is 2.34. The summed E-state index contributed by atoms with van der Waals surface area (Å²) in [5.41, 5.74) is 0.838. The molecule has 0 radical (unpaired) electrons. The van der Waals surface area contributed by atoms with Gasteiger partial charge >= 0.3 is 6.09 Å². The Morgan fingerprint density at radius 1 is 1.07 bits per heavy atom. The van der Waals surface area contributed by atoms with Crippen molar-refractivity contribution in [1.29, 1.82) is 0 Å². The van der Waals surface area contributed by atoms with Crippen molar-refractivity contribution in [3.8, 4) is 5.75 Å². The van der Waals surface area contributed by atoms with Gasteiger partial charge in [0.25, 0.3) is 0 Å². The average molecular weight is 577 g/mol. The van der Waals surface area contributed by atoms with Crippen molar-refractivity contribution >= 4 is 16.1 Å². The van der Waals surface area contributed by atoms with Crippen molar-refractivity contribution in [3.05, 3.63) is 60.2 Å². The van der Waals surface area contributed by atoms with Crippen LogP contribution in [0.3, 0.4) is 0 Å². The van der Waals surface area contributed by atoms with E-state index >= 15 is 0 Å². The van der Waals surface area contributed by atoms with Crippen LogP contribution in [0.5, 0.6) is 5.75 Å². The molecular weight excluding hydrogens is 536 g/mol. The molecule has 2 aromatic rings. The number of rotatable bonds is 12. The van der Waals surface area contributed by atoms with E-state index in [0.29, 0.717) is 18.8 Å². The summed E-state index contributed by atoms with van der Waals surface area (Å²) in [5, 5.41) is 22.1. The summed E-state index contributed by atoms with van der Waals surface area (Å²) in [6.07, 6.45) is -1.27. The van der Waals surface area contributed by atoms with Gasteiger partial charge in [0.05, 0.1) is 43.4 Å². The van der Waals surface area contributed by atoms with Crippen molar-refractivity contribution in [2.45, 2.75) is 62.5 Å². The van der Waals surface area contributed by atoms with Gasteiger partial charge in [0, 0.05) is 19.0 Å². The van der Waals surface area contributed by atoms with Gasteiger partial charge in [0.2, 0.25) is 10.0 Å². The summed E-state index contributed by atoms with van der Waals surface area (Å²) in [6.45, 7) is 4.39. The van der Waals surface area contributed by atoms with E-state index in [2.05, 4.69) is 0 Å². The number of nitrogens with zero attached hydrogens (tertiary/aromatic N) is 2. The summed E-state index contributed by atoms with van der Waals surface area (Å²) in [7, 11) is -2.49. The van der Waals surface area contributed by atoms with Crippen LogP contribution in [0.25, 0.3) is 0 Å². The minimum atomic E-state index is -3.99. The Bertz CT molecular complexity index is 1210. The third-order valence-electron chi connectivity index (χ3n) is 7.54. The predicted molar refractivity (Wildman–Crippen MR) is 149 cm³/mol. The Hall–Kier alpha value is -2.70. The molecule has 2 N–H and O–H groups in total. The third kappa shape index (κ3) is 7.13. The van der Waals surface area contributed by atoms with Gasteiger partial charge in [-0.25, -0.2) is 13.2 Å². The molecule has 0 aliphatic carbocycles. The van der Waals surface area contributed by atoms with Crippen LogP contribution in [0.1, 0.15) is 32.3 Å². The molecular formula is C29H40N2O8S. The standard InChI is InChI=1S/C29H40N2O8S/c1-20(2)17-30(40(35,36)25-11-9-24(37-3)10-12-25)18-27(32)26(15-21-7-5-4-6-8-21)31(29(33)34)23-16-22-13-14-38-28(22)39-19-23/h4-12,20,22-23,26-28,32H,13-19H2,1-3H3,(H,33,34)/t22-,23-,26+,27+,28+/m1/s1. The Balaban J connectivity index is 1.64. The highest BCUT2D eigenvalue weighted by molar-refractivity contribution is 7.89. The number of sulfonamides is 1. The van der Waals surface area contributed by atoms with E-state index < -0.39 is 34.3 Å². The summed E-state index contributed by atoms with van der Waals surface area (Å²) in [6, 6.07) is 14.0. The Morgan fingerprint density at radius 3 is 2.40 bits per heavy atom. The molecule has 10 nitrogen and oxygen atoms in total. The lowest BCUT2D eigenvalue weighted by molar-refractivity contribution is -0.172. The van der Waals surface area contributed by atoms with Crippen LogP contribution in [-0.4, -0.2) is 91.8 Å². The van der Waals surface area contributed by atoms with Gasteiger partial charge in [0.15, 0.2) is 6.29 Å². The number of amides is 1. The highest BCUT2D eigenvalue weighted by Gasteiger charge is 2.43. The van der Waals surface area contributed by atoms with Crippen molar-refractivity contribution in [1.82, 2.24) is 9.21 Å². The van der Waals surface area contributed by atoms with Gasteiger partial charge in [-0.1, -0.05) is 44.2 Å². The molecule has 2 fully saturated rings. The first-order valence-corrected chi connectivity index (χ1v) is 15.1. The highest BCUT2D eigenvalue weighted by atomic mass is 32.2. The average Bonchev–Trinajstić information content (AvgIpc) is 3.40. The number of methoxy groups -OCH3 is 1. The van der Waals surface area contributed by atoms with Gasteiger partial charge in [0.1, 0.15) is 5.75 Å². The summed E-state index contributed by atoms with van der Waals surface area (Å²) >= 11 is 0. The van der Waals surface area contributed by atoms with Crippen molar-refractivity contribution in [2.75, 3.05) is 33.4 Å². The van der Waals surface area contributed by atoms with E-state index in [-0.39, 0.29) is 49.1 Å². The molecule has 40 heavy (non-hydrogen) atoms. The maximum absolute atomic E-state index is 13.7. The molecule has 0 aromatic heterocycles. The summed E-state index contributed by atoms with van der Waals surface area (Å²) < 4.78 is 45.3. The van der Waals surface area contributed by atoms with Crippen molar-refractivity contribution < 1.29 is 37.6 Å². The number of aliphatic hydroxyl groups excluding tert-OH is 1. The van der Waals surface area contributed by atoms with Crippen molar-refractivity contribution in [3.63, 3.8) is 0 Å². The van der Waals surface area contributed by atoms with Gasteiger partial charge < -0.3 is 24.4 Å². The molecule has 2 heterocycles. The third-order valence-corrected chi connectivity index (χ3v) is 9.39. The van der Waals surface area contributed by atoms with Gasteiger partial charge in [-0.2, -0.15) is 4.31 Å². The number of carboxylic acid groups (broad SMARTS) is 1. The minimum absolute atomic E-state index is 0.0329. The number of hydrogen-bond donors (Lipinski definition) is 2. The summed E-state index contributed by atoms with van der Waals surface area (Å²) in [4.78, 5) is 14.1. The van der Waals surface area contributed by atoms with Gasteiger partial charge in [-0.15, -0.1) is 0 Å². The minimum Gasteiger partial charge on any atom is -0.497 e. The van der Waals surface area contributed by atoms with Crippen molar-refractivity contribution in [2.24, 2.45) is 11.8 Å². The zero-order chi connectivity index (χ0) is 28.9. The quantitative estimate of drug-likeness (QED) is 0.394. The molecule has 220 valence electrons. The molecule has 2 aliphatic rings. The second kappa shape index (κ2) is 13.3. The van der Waals surface area contributed by atoms with Crippen LogP contribution in [0, 0.1) is 11.8 Å². The smallest absolute Gasteiger partial charge is 0.407 e. The monoisotopic (exact) mass is 576 g/mol. The topological polar surface area (TPSA) is 126 Å². The number of aliphatic hydroxyl groups is 1. The largest absolute Gasteiger partial charge is 0.497 e. The fraction of sp³-hybridized carbons (Fsp3) is 0.552. The van der Waals surface area contributed by atoms with E-state index in [4.69, 9.17) is 14.2 Å². The first kappa shape index (κ1) is 30.3. The first-order valence-electron chi connectivity index (χ1n) is 13.7. The van der Waals surface area contributed by atoms with Gasteiger partial charge in [-0.05, 0) is 55.0 Å². The molecule has 2 saturated heterocycles. The lowest BCUT2D eigenvalue weighted by atomic mass is 9.91. The molecule has 0 spiro atoms. The van der Waals surface area contributed by atoms with Gasteiger partial charge in [-0.3, -0.25) is 4.90 Å². The SMILES string of the molecule is COc1ccc(S(=O)(=O)N(CC(C)C)C[C@H](O)[C@H](Cc2ccccc2)N(C(=O)O)[C@H]2CO[C@@H]3OCC[C@@H]3C2)cc1.